The number of amides is 1. The predicted octanol–water partition coefficient (Wildman–Crippen LogP) is 4.34. The number of nitrogens with one attached hydrogen (secondary N) is 1. The lowest BCUT2D eigenvalue weighted by atomic mass is 10.1. The Morgan fingerprint density at radius 1 is 1.23 bits per heavy atom. The van der Waals surface area contributed by atoms with Crippen molar-refractivity contribution in [3.63, 3.8) is 0 Å². The molecule has 26 heavy (non-hydrogen) atoms. The minimum atomic E-state index is -0.305. The van der Waals surface area contributed by atoms with Crippen LogP contribution in [-0.2, 0) is 6.42 Å². The normalized spacial score (nSPS) is 11.0. The quantitative estimate of drug-likeness (QED) is 0.550. The van der Waals surface area contributed by atoms with Gasteiger partial charge in [-0.1, -0.05) is 23.2 Å². The lowest BCUT2D eigenvalue weighted by Gasteiger charge is -2.02. The van der Waals surface area contributed by atoms with Gasteiger partial charge in [-0.05, 0) is 29.8 Å². The first-order valence-electron chi connectivity index (χ1n) is 7.58. The number of hydrogen-bond acceptors (Lipinski definition) is 5. The van der Waals surface area contributed by atoms with E-state index in [1.165, 1.54) is 17.5 Å². The number of rotatable bonds is 4. The van der Waals surface area contributed by atoms with Crippen molar-refractivity contribution in [1.29, 1.82) is 0 Å². The molecule has 3 heterocycles. The van der Waals surface area contributed by atoms with Gasteiger partial charge in [-0.25, -0.2) is 14.5 Å². The minimum Gasteiger partial charge on any atom is -0.298 e. The van der Waals surface area contributed by atoms with E-state index < -0.39 is 0 Å². The first-order valence-corrected chi connectivity index (χ1v) is 9.16. The van der Waals surface area contributed by atoms with Crippen LogP contribution >= 0.6 is 34.5 Å². The van der Waals surface area contributed by atoms with E-state index in [2.05, 4.69) is 20.4 Å². The summed E-state index contributed by atoms with van der Waals surface area (Å²) in [5.41, 5.74) is 1.79. The third kappa shape index (κ3) is 3.41. The highest BCUT2D eigenvalue weighted by Crippen LogP contribution is 2.27. The molecule has 0 spiro atoms. The highest BCUT2D eigenvalue weighted by molar-refractivity contribution is 7.15. The van der Waals surface area contributed by atoms with Crippen molar-refractivity contribution in [3.05, 3.63) is 75.1 Å². The minimum absolute atomic E-state index is 0.305. The fourth-order valence-corrected chi connectivity index (χ4v) is 3.67. The molecule has 0 bridgehead atoms. The highest BCUT2D eigenvalue weighted by atomic mass is 35.5. The molecule has 9 heteroatoms. The molecule has 0 atom stereocenters. The molecule has 0 aliphatic heterocycles. The molecule has 1 amide bonds. The Bertz CT molecular complexity index is 1110. The molecular formula is C17H11Cl2N5OS. The number of halogens is 2. The van der Waals surface area contributed by atoms with Crippen LogP contribution in [-0.4, -0.2) is 25.5 Å². The van der Waals surface area contributed by atoms with Gasteiger partial charge in [0.2, 0.25) is 0 Å². The summed E-state index contributed by atoms with van der Waals surface area (Å²) in [6, 6.07) is 7.08. The molecule has 0 aliphatic rings. The summed E-state index contributed by atoms with van der Waals surface area (Å²) in [4.78, 5) is 21.9. The number of anilines is 1. The molecule has 1 aromatic carbocycles. The van der Waals surface area contributed by atoms with Crippen LogP contribution in [0.25, 0.3) is 5.65 Å². The van der Waals surface area contributed by atoms with Gasteiger partial charge in [0.05, 0.1) is 6.20 Å². The van der Waals surface area contributed by atoms with Crippen LogP contribution in [0.1, 0.15) is 20.8 Å². The molecule has 0 saturated carbocycles. The van der Waals surface area contributed by atoms with Crippen molar-refractivity contribution in [2.24, 2.45) is 0 Å². The van der Waals surface area contributed by atoms with Gasteiger partial charge in [0, 0.05) is 39.9 Å². The molecule has 0 saturated heterocycles. The Morgan fingerprint density at radius 3 is 3.00 bits per heavy atom. The zero-order valence-electron chi connectivity index (χ0n) is 13.2. The Labute approximate surface area is 162 Å². The Morgan fingerprint density at radius 2 is 2.12 bits per heavy atom. The summed E-state index contributed by atoms with van der Waals surface area (Å²) in [7, 11) is 0. The summed E-state index contributed by atoms with van der Waals surface area (Å²) in [6.07, 6.45) is 7.13. The molecule has 0 aliphatic carbocycles. The van der Waals surface area contributed by atoms with Gasteiger partial charge in [-0.3, -0.25) is 10.1 Å². The molecule has 0 radical (unpaired) electrons. The first-order chi connectivity index (χ1) is 12.6. The number of nitrogens with zero attached hydrogens (tertiary/aromatic N) is 4. The van der Waals surface area contributed by atoms with Crippen LogP contribution in [0.2, 0.25) is 10.0 Å². The maximum absolute atomic E-state index is 12.5. The molecule has 1 N–H and O–H groups in total. The first kappa shape index (κ1) is 17.0. The predicted molar refractivity (Wildman–Crippen MR) is 102 cm³/mol. The number of fused-ring (bicyclic) bond motifs is 1. The fraction of sp³-hybridized carbons (Fsp3) is 0.0588. The molecule has 4 aromatic rings. The van der Waals surface area contributed by atoms with Gasteiger partial charge in [0.15, 0.2) is 10.8 Å². The topological polar surface area (TPSA) is 72.2 Å². The van der Waals surface area contributed by atoms with Crippen LogP contribution in [0.3, 0.4) is 0 Å². The number of thiazole rings is 1. The Balaban J connectivity index is 1.51. The largest absolute Gasteiger partial charge is 0.298 e. The van der Waals surface area contributed by atoms with E-state index in [-0.39, 0.29) is 5.91 Å². The van der Waals surface area contributed by atoms with E-state index in [0.29, 0.717) is 32.8 Å². The van der Waals surface area contributed by atoms with Crippen LogP contribution in [0.4, 0.5) is 5.13 Å². The number of aromatic nitrogens is 4. The monoisotopic (exact) mass is 403 g/mol. The molecular weight excluding hydrogens is 393 g/mol. The van der Waals surface area contributed by atoms with E-state index in [1.54, 1.807) is 41.3 Å². The van der Waals surface area contributed by atoms with Crippen molar-refractivity contribution < 1.29 is 4.79 Å². The summed E-state index contributed by atoms with van der Waals surface area (Å²) >= 11 is 13.6. The number of hydrogen-bond donors (Lipinski definition) is 1. The second-order valence-corrected chi connectivity index (χ2v) is 7.40. The van der Waals surface area contributed by atoms with E-state index in [4.69, 9.17) is 23.2 Å². The summed E-state index contributed by atoms with van der Waals surface area (Å²) in [6.45, 7) is 0. The van der Waals surface area contributed by atoms with E-state index in [0.717, 1.165) is 10.4 Å². The molecule has 4 rings (SSSR count). The standard InChI is InChI=1S/C17H11Cl2N5OS/c18-11-2-3-14(19)10(6-11)7-12-8-21-17(26-12)23-16(25)13-9-22-24-5-1-4-20-15(13)24/h1-6,8-9H,7H2,(H,21,23,25). The second-order valence-electron chi connectivity index (χ2n) is 5.44. The van der Waals surface area contributed by atoms with Crippen molar-refractivity contribution in [2.45, 2.75) is 6.42 Å². The average molecular weight is 404 g/mol. The van der Waals surface area contributed by atoms with E-state index in [1.807, 2.05) is 6.07 Å². The summed E-state index contributed by atoms with van der Waals surface area (Å²) < 4.78 is 1.54. The molecule has 0 unspecified atom stereocenters. The van der Waals surface area contributed by atoms with Crippen LogP contribution in [0.15, 0.2) is 49.1 Å². The fourth-order valence-electron chi connectivity index (χ4n) is 2.47. The van der Waals surface area contributed by atoms with Crippen LogP contribution in [0.5, 0.6) is 0 Å². The SMILES string of the molecule is O=C(Nc1ncc(Cc2cc(Cl)ccc2Cl)s1)c1cnn2cccnc12. The van der Waals surface area contributed by atoms with Gasteiger partial charge < -0.3 is 0 Å². The van der Waals surface area contributed by atoms with Crippen molar-refractivity contribution in [1.82, 2.24) is 19.6 Å². The summed E-state index contributed by atoms with van der Waals surface area (Å²) in [5, 5.41) is 8.66. The van der Waals surface area contributed by atoms with Gasteiger partial charge >= 0.3 is 0 Å². The maximum atomic E-state index is 12.5. The van der Waals surface area contributed by atoms with Crippen LogP contribution < -0.4 is 5.32 Å². The van der Waals surface area contributed by atoms with Crippen molar-refractivity contribution in [3.8, 4) is 0 Å². The van der Waals surface area contributed by atoms with E-state index in [9.17, 15) is 4.79 Å². The van der Waals surface area contributed by atoms with Gasteiger partial charge in [0.25, 0.3) is 5.91 Å². The molecule has 6 nitrogen and oxygen atoms in total. The van der Waals surface area contributed by atoms with Crippen molar-refractivity contribution in [2.75, 3.05) is 5.32 Å². The van der Waals surface area contributed by atoms with Gasteiger partial charge in [-0.15, -0.1) is 11.3 Å². The lowest BCUT2D eigenvalue weighted by molar-refractivity contribution is 0.102. The highest BCUT2D eigenvalue weighted by Gasteiger charge is 2.15. The van der Waals surface area contributed by atoms with Crippen molar-refractivity contribution >= 4 is 51.2 Å². The number of benzene rings is 1. The molecule has 3 aromatic heterocycles. The summed E-state index contributed by atoms with van der Waals surface area (Å²) in [5.74, 6) is -0.305. The lowest BCUT2D eigenvalue weighted by Crippen LogP contribution is -2.11. The van der Waals surface area contributed by atoms with Gasteiger partial charge in [0.1, 0.15) is 5.56 Å². The smallest absolute Gasteiger partial charge is 0.262 e. The van der Waals surface area contributed by atoms with Gasteiger partial charge in [-0.2, -0.15) is 5.10 Å². The third-order valence-electron chi connectivity index (χ3n) is 3.67. The zero-order valence-corrected chi connectivity index (χ0v) is 15.5. The number of carbonyl (C=O) groups is 1. The Hall–Kier alpha value is -2.48. The molecule has 130 valence electrons. The average Bonchev–Trinajstić information content (AvgIpc) is 3.25. The second kappa shape index (κ2) is 7.03. The third-order valence-corrected chi connectivity index (χ3v) is 5.19. The Kier molecular flexibility index (Phi) is 4.58. The number of carbonyl (C=O) groups excluding carboxylic acids is 1. The molecule has 0 fully saturated rings. The zero-order chi connectivity index (χ0) is 18.1. The van der Waals surface area contributed by atoms with Crippen LogP contribution in [0, 0.1) is 0 Å². The van der Waals surface area contributed by atoms with E-state index >= 15 is 0 Å². The maximum Gasteiger partial charge on any atom is 0.262 e.